The first-order valence-electron chi connectivity index (χ1n) is 5.59. The van der Waals surface area contributed by atoms with E-state index in [0.717, 1.165) is 12.0 Å². The van der Waals surface area contributed by atoms with Gasteiger partial charge in [-0.2, -0.15) is 5.10 Å². The number of alkyl halides is 1. The van der Waals surface area contributed by atoms with Crippen LogP contribution in [0.4, 0.5) is 0 Å². The molecule has 0 unspecified atom stereocenters. The second-order valence-corrected chi connectivity index (χ2v) is 4.23. The van der Waals surface area contributed by atoms with Crippen LogP contribution in [0.5, 0.6) is 0 Å². The van der Waals surface area contributed by atoms with Crippen molar-refractivity contribution in [2.75, 3.05) is 13.2 Å². The molecule has 0 saturated heterocycles. The molecule has 6 nitrogen and oxygen atoms in total. The first kappa shape index (κ1) is 11.4. The van der Waals surface area contributed by atoms with Crippen molar-refractivity contribution in [2.45, 2.75) is 12.3 Å². The number of halogens is 1. The lowest BCUT2D eigenvalue weighted by Gasteiger charge is -2.12. The third-order valence-electron chi connectivity index (χ3n) is 2.83. The molecule has 0 saturated carbocycles. The van der Waals surface area contributed by atoms with Gasteiger partial charge in [0.15, 0.2) is 11.3 Å². The molecule has 1 aliphatic heterocycles. The number of rotatable bonds is 2. The van der Waals surface area contributed by atoms with Gasteiger partial charge in [-0.15, -0.1) is 11.6 Å². The van der Waals surface area contributed by atoms with Crippen LogP contribution in [0.1, 0.15) is 18.1 Å². The molecule has 2 aromatic heterocycles. The molecule has 0 atom stereocenters. The molecular weight excluding hydrogens is 256 g/mol. The van der Waals surface area contributed by atoms with Gasteiger partial charge in [0.05, 0.1) is 25.3 Å². The van der Waals surface area contributed by atoms with Crippen LogP contribution < -0.4 is 5.56 Å². The van der Waals surface area contributed by atoms with Crippen molar-refractivity contribution < 1.29 is 4.74 Å². The summed E-state index contributed by atoms with van der Waals surface area (Å²) in [6.07, 6.45) is 4.25. The molecule has 18 heavy (non-hydrogen) atoms. The van der Waals surface area contributed by atoms with Gasteiger partial charge in [-0.05, 0) is 12.0 Å². The van der Waals surface area contributed by atoms with Crippen molar-refractivity contribution in [3.63, 3.8) is 0 Å². The molecule has 2 aromatic rings. The minimum absolute atomic E-state index is 0.158. The lowest BCUT2D eigenvalue weighted by molar-refractivity contribution is 0.161. The summed E-state index contributed by atoms with van der Waals surface area (Å²) in [6, 6.07) is 0. The summed E-state index contributed by atoms with van der Waals surface area (Å²) in [6.45, 7) is 1.22. The number of hydrogen-bond acceptors (Lipinski definition) is 4. The van der Waals surface area contributed by atoms with Gasteiger partial charge in [-0.3, -0.25) is 4.79 Å². The normalized spacial score (nSPS) is 15.9. The molecule has 0 bridgehead atoms. The summed E-state index contributed by atoms with van der Waals surface area (Å²) >= 11 is 5.70. The fraction of sp³-hybridized carbons (Fsp3) is 0.364. The van der Waals surface area contributed by atoms with Crippen LogP contribution in [0.3, 0.4) is 0 Å². The summed E-state index contributed by atoms with van der Waals surface area (Å²) < 4.78 is 6.80. The Balaban J connectivity index is 2.21. The van der Waals surface area contributed by atoms with Crippen molar-refractivity contribution in [3.8, 4) is 0 Å². The lowest BCUT2D eigenvalue weighted by atomic mass is 10.1. The summed E-state index contributed by atoms with van der Waals surface area (Å²) in [5.41, 5.74) is 1.23. The van der Waals surface area contributed by atoms with E-state index in [1.165, 1.54) is 6.20 Å². The Morgan fingerprint density at radius 3 is 3.17 bits per heavy atom. The summed E-state index contributed by atoms with van der Waals surface area (Å²) in [5.74, 6) is 1.28. The van der Waals surface area contributed by atoms with E-state index in [1.54, 1.807) is 4.52 Å². The second-order valence-electron chi connectivity index (χ2n) is 3.97. The number of fused-ring (bicyclic) bond motifs is 1. The highest BCUT2D eigenvalue weighted by atomic mass is 35.5. The Morgan fingerprint density at radius 2 is 2.44 bits per heavy atom. The monoisotopic (exact) mass is 266 g/mol. The van der Waals surface area contributed by atoms with Crippen molar-refractivity contribution in [1.29, 1.82) is 0 Å². The average molecular weight is 267 g/mol. The summed E-state index contributed by atoms with van der Waals surface area (Å²) in [7, 11) is 0. The zero-order chi connectivity index (χ0) is 12.5. The van der Waals surface area contributed by atoms with E-state index in [4.69, 9.17) is 16.3 Å². The van der Waals surface area contributed by atoms with Crippen molar-refractivity contribution in [3.05, 3.63) is 34.3 Å². The first-order valence-corrected chi connectivity index (χ1v) is 6.13. The highest BCUT2D eigenvalue weighted by Gasteiger charge is 2.15. The molecule has 0 aliphatic carbocycles. The second kappa shape index (κ2) is 4.55. The van der Waals surface area contributed by atoms with Crippen molar-refractivity contribution in [1.82, 2.24) is 19.6 Å². The fourth-order valence-electron chi connectivity index (χ4n) is 1.95. The number of ether oxygens (including phenoxy) is 1. The van der Waals surface area contributed by atoms with E-state index in [2.05, 4.69) is 15.1 Å². The zero-order valence-electron chi connectivity index (χ0n) is 9.52. The van der Waals surface area contributed by atoms with E-state index < -0.39 is 0 Å². The van der Waals surface area contributed by atoms with Crippen LogP contribution in [-0.4, -0.2) is 32.8 Å². The Labute approximate surface area is 107 Å². The van der Waals surface area contributed by atoms with Gasteiger partial charge >= 0.3 is 0 Å². The van der Waals surface area contributed by atoms with E-state index in [1.807, 2.05) is 6.08 Å². The number of H-pyrrole nitrogens is 1. The topological polar surface area (TPSA) is 72.3 Å². The number of imidazole rings is 1. The van der Waals surface area contributed by atoms with Gasteiger partial charge in [0.25, 0.3) is 5.56 Å². The number of hydrogen-bond donors (Lipinski definition) is 1. The fourth-order valence-corrected chi connectivity index (χ4v) is 2.07. The van der Waals surface area contributed by atoms with Crippen molar-refractivity contribution in [2.24, 2.45) is 0 Å². The maximum absolute atomic E-state index is 11.8. The van der Waals surface area contributed by atoms with Crippen LogP contribution in [0, 0.1) is 0 Å². The number of aromatic nitrogens is 4. The molecule has 94 valence electrons. The molecule has 0 radical (unpaired) electrons. The molecule has 3 rings (SSSR count). The predicted octanol–water partition coefficient (Wildman–Crippen LogP) is 0.960. The van der Waals surface area contributed by atoms with Crippen LogP contribution >= 0.6 is 11.6 Å². The van der Waals surface area contributed by atoms with Gasteiger partial charge in [-0.1, -0.05) is 6.08 Å². The molecule has 0 fully saturated rings. The van der Waals surface area contributed by atoms with Crippen LogP contribution in [-0.2, 0) is 10.6 Å². The lowest BCUT2D eigenvalue weighted by Crippen LogP contribution is -2.16. The van der Waals surface area contributed by atoms with E-state index in [0.29, 0.717) is 30.4 Å². The number of nitrogens with one attached hydrogen (secondary N) is 1. The minimum atomic E-state index is -0.230. The quantitative estimate of drug-likeness (QED) is 0.822. The van der Waals surface area contributed by atoms with Crippen LogP contribution in [0.15, 0.2) is 17.1 Å². The van der Waals surface area contributed by atoms with Crippen LogP contribution in [0.25, 0.3) is 11.1 Å². The highest BCUT2D eigenvalue weighted by Crippen LogP contribution is 2.19. The van der Waals surface area contributed by atoms with Gasteiger partial charge in [0, 0.05) is 0 Å². The Kier molecular flexibility index (Phi) is 2.89. The third-order valence-corrected chi connectivity index (χ3v) is 3.08. The first-order chi connectivity index (χ1) is 8.79. The molecule has 0 spiro atoms. The zero-order valence-corrected chi connectivity index (χ0v) is 10.3. The van der Waals surface area contributed by atoms with Gasteiger partial charge in [-0.25, -0.2) is 9.50 Å². The summed E-state index contributed by atoms with van der Waals surface area (Å²) in [5, 5.41) is 4.27. The third kappa shape index (κ3) is 1.83. The van der Waals surface area contributed by atoms with Gasteiger partial charge < -0.3 is 9.72 Å². The van der Waals surface area contributed by atoms with E-state index in [9.17, 15) is 4.79 Å². The standard InChI is InChI=1S/C11H11ClN4O2/c12-5-9-14-11(17)8-6-13-10(16(8)15-9)7-1-3-18-4-2-7/h1,6H,2-5H2,(H,14,15,17). The minimum Gasteiger partial charge on any atom is -0.377 e. The Hall–Kier alpha value is -1.66. The Morgan fingerprint density at radius 1 is 1.56 bits per heavy atom. The SMILES string of the molecule is O=c1[nH]c(CCl)nn2c(C3=CCOCC3)ncc12. The predicted molar refractivity (Wildman–Crippen MR) is 66.6 cm³/mol. The molecule has 0 amide bonds. The Bertz CT molecular complexity index is 673. The van der Waals surface area contributed by atoms with Crippen LogP contribution in [0.2, 0.25) is 0 Å². The molecule has 1 N–H and O–H groups in total. The summed E-state index contributed by atoms with van der Waals surface area (Å²) in [4.78, 5) is 18.7. The van der Waals surface area contributed by atoms with Gasteiger partial charge in [0.1, 0.15) is 5.82 Å². The highest BCUT2D eigenvalue weighted by molar-refractivity contribution is 6.16. The maximum atomic E-state index is 11.8. The van der Waals surface area contributed by atoms with Gasteiger partial charge in [0.2, 0.25) is 0 Å². The van der Waals surface area contributed by atoms with E-state index >= 15 is 0 Å². The molecule has 7 heteroatoms. The van der Waals surface area contributed by atoms with Crippen molar-refractivity contribution >= 4 is 22.7 Å². The molecule has 3 heterocycles. The number of aromatic amines is 1. The molecular formula is C11H11ClN4O2. The maximum Gasteiger partial charge on any atom is 0.277 e. The van der Waals surface area contributed by atoms with E-state index in [-0.39, 0.29) is 11.4 Å². The molecule has 0 aromatic carbocycles. The smallest absolute Gasteiger partial charge is 0.277 e. The largest absolute Gasteiger partial charge is 0.377 e. The number of nitrogens with zero attached hydrogens (tertiary/aromatic N) is 3. The average Bonchev–Trinajstić information content (AvgIpc) is 2.84. The molecule has 1 aliphatic rings.